The standard InChI is InChI=1S/C17H22N6S2/c1-10(18-5)12-8-24-14(22-12)7-21-23-15-11-6-13(17(2,3)4)25-16(11)20-9-19-15/h6-10,18H,1-5H3,(H,19,20,23)/b21-7+. The SMILES string of the molecule is CNC(C)c1csc(/C=N/Nc2ncnc3sc(C(C)(C)C)cc23)n1. The quantitative estimate of drug-likeness (QED) is 0.518. The Morgan fingerprint density at radius 3 is 2.80 bits per heavy atom. The van der Waals surface area contributed by atoms with Gasteiger partial charge >= 0.3 is 0 Å². The maximum Gasteiger partial charge on any atom is 0.158 e. The summed E-state index contributed by atoms with van der Waals surface area (Å²) >= 11 is 3.27. The van der Waals surface area contributed by atoms with Crippen molar-refractivity contribution in [3.8, 4) is 0 Å². The van der Waals surface area contributed by atoms with E-state index in [1.54, 1.807) is 35.2 Å². The first kappa shape index (κ1) is 17.9. The van der Waals surface area contributed by atoms with E-state index in [0.29, 0.717) is 5.82 Å². The summed E-state index contributed by atoms with van der Waals surface area (Å²) in [5.41, 5.74) is 4.14. The van der Waals surface area contributed by atoms with Crippen LogP contribution in [0.25, 0.3) is 10.2 Å². The van der Waals surface area contributed by atoms with E-state index in [9.17, 15) is 0 Å². The lowest BCUT2D eigenvalue weighted by Crippen LogP contribution is -2.12. The summed E-state index contributed by atoms with van der Waals surface area (Å²) in [6.07, 6.45) is 3.29. The molecule has 0 aromatic carbocycles. The molecule has 1 atom stereocenters. The molecule has 0 aliphatic rings. The van der Waals surface area contributed by atoms with Crippen molar-refractivity contribution in [3.05, 3.63) is 33.4 Å². The Kier molecular flexibility index (Phi) is 5.12. The summed E-state index contributed by atoms with van der Waals surface area (Å²) in [7, 11) is 1.92. The van der Waals surface area contributed by atoms with Gasteiger partial charge in [0.1, 0.15) is 16.2 Å². The normalized spacial score (nSPS) is 13.6. The van der Waals surface area contributed by atoms with Gasteiger partial charge in [0, 0.05) is 16.3 Å². The van der Waals surface area contributed by atoms with Crippen LogP contribution < -0.4 is 10.7 Å². The van der Waals surface area contributed by atoms with Gasteiger partial charge in [0.05, 0.1) is 17.3 Å². The molecule has 3 aromatic rings. The van der Waals surface area contributed by atoms with Gasteiger partial charge in [-0.3, -0.25) is 5.43 Å². The monoisotopic (exact) mass is 374 g/mol. The van der Waals surface area contributed by atoms with E-state index >= 15 is 0 Å². The Morgan fingerprint density at radius 1 is 1.28 bits per heavy atom. The van der Waals surface area contributed by atoms with E-state index in [2.05, 4.69) is 64.6 Å². The van der Waals surface area contributed by atoms with Crippen LogP contribution in [0.1, 0.15) is 49.3 Å². The molecule has 0 radical (unpaired) electrons. The highest BCUT2D eigenvalue weighted by Crippen LogP contribution is 2.35. The largest absolute Gasteiger partial charge is 0.312 e. The molecule has 0 aliphatic heterocycles. The second-order valence-corrected chi connectivity index (χ2v) is 8.71. The molecule has 25 heavy (non-hydrogen) atoms. The number of hydrogen-bond acceptors (Lipinski definition) is 8. The molecule has 0 aliphatic carbocycles. The van der Waals surface area contributed by atoms with Crippen molar-refractivity contribution in [2.75, 3.05) is 12.5 Å². The fraction of sp³-hybridized carbons (Fsp3) is 0.412. The molecule has 3 aromatic heterocycles. The predicted molar refractivity (Wildman–Crippen MR) is 107 cm³/mol. The number of nitrogens with zero attached hydrogens (tertiary/aromatic N) is 4. The molecule has 0 fully saturated rings. The van der Waals surface area contributed by atoms with Gasteiger partial charge in [-0.05, 0) is 25.5 Å². The first-order valence-electron chi connectivity index (χ1n) is 8.05. The summed E-state index contributed by atoms with van der Waals surface area (Å²) in [6.45, 7) is 8.67. The van der Waals surface area contributed by atoms with Gasteiger partial charge in [0.2, 0.25) is 0 Å². The zero-order valence-corrected chi connectivity index (χ0v) is 16.6. The van der Waals surface area contributed by atoms with Gasteiger partial charge in [-0.25, -0.2) is 15.0 Å². The molecule has 0 amide bonds. The van der Waals surface area contributed by atoms with E-state index in [-0.39, 0.29) is 11.5 Å². The second-order valence-electron chi connectivity index (χ2n) is 6.79. The third-order valence-corrected chi connectivity index (χ3v) is 6.10. The lowest BCUT2D eigenvalue weighted by molar-refractivity contribution is 0.604. The molecule has 1 unspecified atom stereocenters. The molecule has 0 saturated carbocycles. The number of anilines is 1. The number of thiophene rings is 1. The van der Waals surface area contributed by atoms with Crippen LogP contribution in [0.4, 0.5) is 5.82 Å². The molecule has 3 heterocycles. The average molecular weight is 375 g/mol. The molecule has 0 spiro atoms. The number of rotatable bonds is 5. The highest BCUT2D eigenvalue weighted by Gasteiger charge is 2.18. The van der Waals surface area contributed by atoms with Crippen LogP contribution in [-0.2, 0) is 5.41 Å². The average Bonchev–Trinajstić information content (AvgIpc) is 3.20. The maximum absolute atomic E-state index is 4.55. The van der Waals surface area contributed by atoms with Gasteiger partial charge in [-0.1, -0.05) is 20.8 Å². The molecule has 0 saturated heterocycles. The fourth-order valence-corrected chi connectivity index (χ4v) is 4.00. The maximum atomic E-state index is 4.55. The van der Waals surface area contributed by atoms with Crippen LogP contribution >= 0.6 is 22.7 Å². The summed E-state index contributed by atoms with van der Waals surface area (Å²) < 4.78 is 0. The van der Waals surface area contributed by atoms with Crippen molar-refractivity contribution in [2.45, 2.75) is 39.2 Å². The van der Waals surface area contributed by atoms with Crippen LogP contribution in [0.15, 0.2) is 22.9 Å². The van der Waals surface area contributed by atoms with E-state index in [0.717, 1.165) is 20.9 Å². The highest BCUT2D eigenvalue weighted by atomic mass is 32.1. The molecule has 2 N–H and O–H groups in total. The molecule has 0 bridgehead atoms. The van der Waals surface area contributed by atoms with Gasteiger partial charge < -0.3 is 5.32 Å². The van der Waals surface area contributed by atoms with Crippen LogP contribution in [-0.4, -0.2) is 28.2 Å². The van der Waals surface area contributed by atoms with Crippen LogP contribution in [0.2, 0.25) is 0 Å². The fourth-order valence-electron chi connectivity index (χ4n) is 2.17. The van der Waals surface area contributed by atoms with Crippen LogP contribution in [0.3, 0.4) is 0 Å². The van der Waals surface area contributed by atoms with Crippen molar-refractivity contribution in [1.29, 1.82) is 0 Å². The number of nitrogens with one attached hydrogen (secondary N) is 2. The summed E-state index contributed by atoms with van der Waals surface area (Å²) in [4.78, 5) is 15.5. The molecular weight excluding hydrogens is 352 g/mol. The van der Waals surface area contributed by atoms with Crippen molar-refractivity contribution < 1.29 is 0 Å². The Balaban J connectivity index is 1.79. The zero-order chi connectivity index (χ0) is 18.0. The Labute approximate surface area is 155 Å². The van der Waals surface area contributed by atoms with Crippen molar-refractivity contribution in [2.24, 2.45) is 5.10 Å². The van der Waals surface area contributed by atoms with Gasteiger partial charge in [-0.15, -0.1) is 22.7 Å². The first-order chi connectivity index (χ1) is 11.9. The van der Waals surface area contributed by atoms with E-state index in [1.807, 2.05) is 12.4 Å². The van der Waals surface area contributed by atoms with E-state index in [4.69, 9.17) is 0 Å². The zero-order valence-electron chi connectivity index (χ0n) is 15.0. The topological polar surface area (TPSA) is 75.1 Å². The summed E-state index contributed by atoms with van der Waals surface area (Å²) in [5, 5.41) is 11.4. The first-order valence-corrected chi connectivity index (χ1v) is 9.75. The van der Waals surface area contributed by atoms with E-state index in [1.165, 1.54) is 4.88 Å². The van der Waals surface area contributed by atoms with E-state index < -0.39 is 0 Å². The smallest absolute Gasteiger partial charge is 0.158 e. The minimum atomic E-state index is 0.0905. The summed E-state index contributed by atoms with van der Waals surface area (Å²) in [5.74, 6) is 0.716. The minimum Gasteiger partial charge on any atom is -0.312 e. The van der Waals surface area contributed by atoms with Gasteiger partial charge in [0.15, 0.2) is 5.82 Å². The number of fused-ring (bicyclic) bond motifs is 1. The van der Waals surface area contributed by atoms with Crippen LogP contribution in [0.5, 0.6) is 0 Å². The Hall–Kier alpha value is -1.90. The third kappa shape index (κ3) is 4.02. The third-order valence-electron chi connectivity index (χ3n) is 3.83. The Morgan fingerprint density at radius 2 is 2.08 bits per heavy atom. The predicted octanol–water partition coefficient (Wildman–Crippen LogP) is 4.17. The summed E-state index contributed by atoms with van der Waals surface area (Å²) in [6, 6.07) is 2.38. The number of hydrazone groups is 1. The molecular formula is C17H22N6S2. The van der Waals surface area contributed by atoms with Gasteiger partial charge in [0.25, 0.3) is 0 Å². The molecule has 132 valence electrons. The van der Waals surface area contributed by atoms with Gasteiger partial charge in [-0.2, -0.15) is 5.10 Å². The lowest BCUT2D eigenvalue weighted by atomic mass is 9.94. The number of hydrogen-bond donors (Lipinski definition) is 2. The molecule has 3 rings (SSSR count). The molecule has 8 heteroatoms. The lowest BCUT2D eigenvalue weighted by Gasteiger charge is -2.14. The highest BCUT2D eigenvalue weighted by molar-refractivity contribution is 7.18. The van der Waals surface area contributed by atoms with Crippen molar-refractivity contribution in [3.63, 3.8) is 0 Å². The van der Waals surface area contributed by atoms with Crippen molar-refractivity contribution >= 4 is 44.9 Å². The van der Waals surface area contributed by atoms with Crippen LogP contribution in [0, 0.1) is 0 Å². The Bertz CT molecular complexity index is 890. The second kappa shape index (κ2) is 7.15. The minimum absolute atomic E-state index is 0.0905. The molecule has 6 nitrogen and oxygen atoms in total. The number of thiazole rings is 1. The number of aromatic nitrogens is 3. The van der Waals surface area contributed by atoms with Crippen molar-refractivity contribution in [1.82, 2.24) is 20.3 Å².